The first-order valence-corrected chi connectivity index (χ1v) is 6.11. The lowest BCUT2D eigenvalue weighted by atomic mass is 10.2. The predicted octanol–water partition coefficient (Wildman–Crippen LogP) is 1.84. The quantitative estimate of drug-likeness (QED) is 0.843. The second kappa shape index (κ2) is 5.17. The van der Waals surface area contributed by atoms with Gasteiger partial charge >= 0.3 is 0 Å². The van der Waals surface area contributed by atoms with Crippen LogP contribution >= 0.6 is 0 Å². The number of hydrogen-bond donors (Lipinski definition) is 0. The number of rotatable bonds is 3. The third kappa shape index (κ3) is 2.47. The molecule has 0 aliphatic heterocycles. The van der Waals surface area contributed by atoms with E-state index < -0.39 is 0 Å². The van der Waals surface area contributed by atoms with Gasteiger partial charge < -0.3 is 4.90 Å². The van der Waals surface area contributed by atoms with Crippen molar-refractivity contribution in [2.24, 2.45) is 0 Å². The summed E-state index contributed by atoms with van der Waals surface area (Å²) in [7, 11) is 1.71. The van der Waals surface area contributed by atoms with Crippen molar-refractivity contribution in [1.29, 1.82) is 0 Å². The van der Waals surface area contributed by atoms with Gasteiger partial charge in [-0.3, -0.25) is 9.48 Å². The van der Waals surface area contributed by atoms with Gasteiger partial charge in [-0.15, -0.1) is 0 Å². The first-order chi connectivity index (χ1) is 9.02. The molecule has 0 aliphatic carbocycles. The van der Waals surface area contributed by atoms with Crippen molar-refractivity contribution in [2.75, 3.05) is 11.9 Å². The molecule has 2 aromatic heterocycles. The zero-order valence-electron chi connectivity index (χ0n) is 11.5. The molecule has 0 saturated carbocycles. The summed E-state index contributed by atoms with van der Waals surface area (Å²) < 4.78 is 1.84. The van der Waals surface area contributed by atoms with E-state index in [1.807, 2.05) is 25.5 Å². The van der Waals surface area contributed by atoms with E-state index >= 15 is 0 Å². The Hall–Kier alpha value is -2.24. The molecular weight excluding hydrogens is 242 g/mol. The highest BCUT2D eigenvalue weighted by Gasteiger charge is 2.20. The molecule has 2 aromatic rings. The van der Waals surface area contributed by atoms with Gasteiger partial charge in [-0.2, -0.15) is 15.3 Å². The third-order valence-corrected chi connectivity index (χ3v) is 3.02. The molecule has 2 heterocycles. The fraction of sp³-hybridized carbons (Fsp3) is 0.385. The lowest BCUT2D eigenvalue weighted by Crippen LogP contribution is -2.26. The standard InChI is InChI=1S/C13H17N5O/c1-9(2)18-10(3)12(8-16-18)13(19)17(4)11-5-6-14-15-7-11/h5-9H,1-4H3. The van der Waals surface area contributed by atoms with Crippen LogP contribution < -0.4 is 4.90 Å². The second-order valence-corrected chi connectivity index (χ2v) is 4.65. The summed E-state index contributed by atoms with van der Waals surface area (Å²) in [5.41, 5.74) is 2.18. The number of amides is 1. The molecule has 0 spiro atoms. The van der Waals surface area contributed by atoms with E-state index in [1.54, 1.807) is 36.6 Å². The predicted molar refractivity (Wildman–Crippen MR) is 72.1 cm³/mol. The summed E-state index contributed by atoms with van der Waals surface area (Å²) in [6, 6.07) is 1.97. The largest absolute Gasteiger partial charge is 0.310 e. The van der Waals surface area contributed by atoms with Crippen LogP contribution in [0.25, 0.3) is 0 Å². The average molecular weight is 259 g/mol. The Kier molecular flexibility index (Phi) is 3.59. The Labute approximate surface area is 112 Å². The lowest BCUT2D eigenvalue weighted by Gasteiger charge is -2.16. The van der Waals surface area contributed by atoms with Crippen molar-refractivity contribution in [3.8, 4) is 0 Å². The minimum atomic E-state index is -0.0996. The van der Waals surface area contributed by atoms with Crippen LogP contribution in [0.4, 0.5) is 5.69 Å². The highest BCUT2D eigenvalue weighted by Crippen LogP contribution is 2.17. The van der Waals surface area contributed by atoms with E-state index in [0.29, 0.717) is 11.3 Å². The SMILES string of the molecule is Cc1c(C(=O)N(C)c2ccnnc2)cnn1C(C)C. The zero-order chi connectivity index (χ0) is 14.0. The molecule has 6 nitrogen and oxygen atoms in total. The topological polar surface area (TPSA) is 63.9 Å². The van der Waals surface area contributed by atoms with Crippen LogP contribution in [-0.2, 0) is 0 Å². The Balaban J connectivity index is 2.30. The van der Waals surface area contributed by atoms with Gasteiger partial charge in [0.05, 0.1) is 29.8 Å². The maximum atomic E-state index is 12.4. The van der Waals surface area contributed by atoms with Crippen LogP contribution in [0.5, 0.6) is 0 Å². The summed E-state index contributed by atoms with van der Waals surface area (Å²) in [6.07, 6.45) is 4.73. The number of nitrogens with zero attached hydrogens (tertiary/aromatic N) is 5. The smallest absolute Gasteiger partial charge is 0.261 e. The monoisotopic (exact) mass is 259 g/mol. The van der Waals surface area contributed by atoms with Gasteiger partial charge in [-0.05, 0) is 26.8 Å². The van der Waals surface area contributed by atoms with E-state index in [1.165, 1.54) is 0 Å². The van der Waals surface area contributed by atoms with Crippen molar-refractivity contribution in [3.05, 3.63) is 35.9 Å². The van der Waals surface area contributed by atoms with Gasteiger partial charge in [0.25, 0.3) is 5.91 Å². The molecule has 19 heavy (non-hydrogen) atoms. The Morgan fingerprint density at radius 2 is 2.05 bits per heavy atom. The first kappa shape index (κ1) is 13.2. The van der Waals surface area contributed by atoms with E-state index in [9.17, 15) is 4.79 Å². The normalized spacial score (nSPS) is 10.8. The molecule has 0 saturated heterocycles. The van der Waals surface area contributed by atoms with Gasteiger partial charge in [0.2, 0.25) is 0 Å². The van der Waals surface area contributed by atoms with Crippen LogP contribution in [-0.4, -0.2) is 32.9 Å². The summed E-state index contributed by atoms with van der Waals surface area (Å²) in [5, 5.41) is 11.7. The van der Waals surface area contributed by atoms with E-state index in [4.69, 9.17) is 0 Å². The molecule has 0 radical (unpaired) electrons. The van der Waals surface area contributed by atoms with E-state index in [0.717, 1.165) is 5.69 Å². The molecule has 0 atom stereocenters. The van der Waals surface area contributed by atoms with Crippen LogP contribution in [0.3, 0.4) is 0 Å². The fourth-order valence-electron chi connectivity index (χ4n) is 1.93. The lowest BCUT2D eigenvalue weighted by molar-refractivity contribution is 0.0992. The van der Waals surface area contributed by atoms with Crippen molar-refractivity contribution < 1.29 is 4.79 Å². The molecule has 0 aromatic carbocycles. The van der Waals surface area contributed by atoms with Crippen molar-refractivity contribution in [3.63, 3.8) is 0 Å². The molecule has 6 heteroatoms. The van der Waals surface area contributed by atoms with Crippen LogP contribution in [0.1, 0.15) is 35.9 Å². The van der Waals surface area contributed by atoms with Crippen LogP contribution in [0.15, 0.2) is 24.7 Å². The minimum Gasteiger partial charge on any atom is -0.310 e. The zero-order valence-corrected chi connectivity index (χ0v) is 11.5. The molecule has 100 valence electrons. The molecule has 2 rings (SSSR count). The van der Waals surface area contributed by atoms with Crippen molar-refractivity contribution >= 4 is 11.6 Å². The second-order valence-electron chi connectivity index (χ2n) is 4.65. The summed E-state index contributed by atoms with van der Waals surface area (Å²) >= 11 is 0. The van der Waals surface area contributed by atoms with Gasteiger partial charge in [0, 0.05) is 18.8 Å². The first-order valence-electron chi connectivity index (χ1n) is 6.11. The molecule has 0 N–H and O–H groups in total. The highest BCUT2D eigenvalue weighted by atomic mass is 16.2. The Morgan fingerprint density at radius 1 is 1.32 bits per heavy atom. The number of aromatic nitrogens is 4. The van der Waals surface area contributed by atoms with E-state index in [-0.39, 0.29) is 11.9 Å². The number of hydrogen-bond acceptors (Lipinski definition) is 4. The van der Waals surface area contributed by atoms with Gasteiger partial charge in [-0.25, -0.2) is 0 Å². The maximum absolute atomic E-state index is 12.4. The van der Waals surface area contributed by atoms with Crippen LogP contribution in [0.2, 0.25) is 0 Å². The molecular formula is C13H17N5O. The average Bonchev–Trinajstić information content (AvgIpc) is 2.80. The molecule has 1 amide bonds. The number of carbonyl (C=O) groups is 1. The molecule has 0 unspecified atom stereocenters. The fourth-order valence-corrected chi connectivity index (χ4v) is 1.93. The summed E-state index contributed by atoms with van der Waals surface area (Å²) in [5.74, 6) is -0.0996. The van der Waals surface area contributed by atoms with Crippen molar-refractivity contribution in [2.45, 2.75) is 26.8 Å². The maximum Gasteiger partial charge on any atom is 0.261 e. The molecule has 0 fully saturated rings. The molecule has 0 aliphatic rings. The van der Waals surface area contributed by atoms with Crippen molar-refractivity contribution in [1.82, 2.24) is 20.0 Å². The highest BCUT2D eigenvalue weighted by molar-refractivity contribution is 6.06. The minimum absolute atomic E-state index is 0.0996. The van der Waals surface area contributed by atoms with Crippen LogP contribution in [0, 0.1) is 6.92 Å². The number of carbonyl (C=O) groups excluding carboxylic acids is 1. The Morgan fingerprint density at radius 3 is 2.58 bits per heavy atom. The third-order valence-electron chi connectivity index (χ3n) is 3.02. The Bertz CT molecular complexity index is 576. The number of anilines is 1. The summed E-state index contributed by atoms with van der Waals surface area (Å²) in [4.78, 5) is 14.0. The summed E-state index contributed by atoms with van der Waals surface area (Å²) in [6.45, 7) is 5.97. The van der Waals surface area contributed by atoms with Gasteiger partial charge in [-0.1, -0.05) is 0 Å². The molecule has 0 bridgehead atoms. The van der Waals surface area contributed by atoms with Gasteiger partial charge in [0.15, 0.2) is 0 Å². The van der Waals surface area contributed by atoms with Gasteiger partial charge in [0.1, 0.15) is 0 Å². The van der Waals surface area contributed by atoms with E-state index in [2.05, 4.69) is 15.3 Å².